The van der Waals surface area contributed by atoms with Gasteiger partial charge in [0.25, 0.3) is 11.6 Å². The van der Waals surface area contributed by atoms with Gasteiger partial charge in [-0.25, -0.2) is 0 Å². The van der Waals surface area contributed by atoms with E-state index in [2.05, 4.69) is 10.6 Å². The minimum Gasteiger partial charge on any atom is -0.377 e. The topological polar surface area (TPSA) is 110 Å². The molecule has 0 aromatic heterocycles. The molecule has 0 radical (unpaired) electrons. The van der Waals surface area contributed by atoms with E-state index in [0.29, 0.717) is 23.8 Å². The zero-order valence-electron chi connectivity index (χ0n) is 13.4. The van der Waals surface area contributed by atoms with Crippen molar-refractivity contribution in [3.63, 3.8) is 0 Å². The van der Waals surface area contributed by atoms with Gasteiger partial charge in [0.2, 0.25) is 0 Å². The van der Waals surface area contributed by atoms with E-state index in [1.54, 1.807) is 12.1 Å². The zero-order chi connectivity index (χ0) is 16.4. The predicted octanol–water partition coefficient (Wildman–Crippen LogP) is 2.59. The van der Waals surface area contributed by atoms with E-state index in [-0.39, 0.29) is 29.5 Å². The summed E-state index contributed by atoms with van der Waals surface area (Å²) in [6, 6.07) is 4.91. The smallest absolute Gasteiger partial charge is 0.293 e. The van der Waals surface area contributed by atoms with E-state index in [4.69, 9.17) is 5.73 Å². The van der Waals surface area contributed by atoms with Crippen LogP contribution in [-0.2, 0) is 0 Å². The van der Waals surface area contributed by atoms with Gasteiger partial charge in [-0.1, -0.05) is 12.8 Å². The fourth-order valence-corrected chi connectivity index (χ4v) is 3.14. The fourth-order valence-electron chi connectivity index (χ4n) is 3.14. The molecule has 2 saturated carbocycles. The van der Waals surface area contributed by atoms with Crippen LogP contribution in [0.1, 0.15) is 48.9 Å². The van der Waals surface area contributed by atoms with Gasteiger partial charge in [0.1, 0.15) is 5.69 Å². The molecule has 2 fully saturated rings. The first-order valence-electron chi connectivity index (χ1n) is 8.10. The van der Waals surface area contributed by atoms with Gasteiger partial charge in [-0.15, -0.1) is 12.4 Å². The summed E-state index contributed by atoms with van der Waals surface area (Å²) in [6.07, 6.45) is 5.86. The summed E-state index contributed by atoms with van der Waals surface area (Å²) in [5.74, 6) is -0.293. The number of nitrogens with one attached hydrogen (secondary N) is 2. The number of carbonyl (C=O) groups is 1. The maximum absolute atomic E-state index is 12.5. The molecule has 4 N–H and O–H groups in total. The Morgan fingerprint density at radius 3 is 2.54 bits per heavy atom. The number of hydrogen-bond acceptors (Lipinski definition) is 5. The van der Waals surface area contributed by atoms with Gasteiger partial charge in [-0.2, -0.15) is 0 Å². The SMILES string of the molecule is Cl.NCC1(NC(=O)c2ccc(NC3CC3)c([N+](=O)[O-])c2)CCCC1. The number of carbonyl (C=O) groups excluding carboxylic acids is 1. The number of halogens is 1. The van der Waals surface area contributed by atoms with Crippen molar-refractivity contribution < 1.29 is 9.72 Å². The Morgan fingerprint density at radius 1 is 1.33 bits per heavy atom. The molecule has 3 rings (SSSR count). The van der Waals surface area contributed by atoms with Crippen LogP contribution >= 0.6 is 12.4 Å². The monoisotopic (exact) mass is 354 g/mol. The summed E-state index contributed by atoms with van der Waals surface area (Å²) in [5, 5.41) is 17.4. The highest BCUT2D eigenvalue weighted by Gasteiger charge is 2.34. The lowest BCUT2D eigenvalue weighted by Crippen LogP contribution is -2.51. The Balaban J connectivity index is 0.00000208. The average molecular weight is 355 g/mol. The minimum atomic E-state index is -0.449. The molecule has 7 nitrogen and oxygen atoms in total. The molecule has 8 heteroatoms. The molecule has 0 heterocycles. The molecule has 1 aromatic carbocycles. The van der Waals surface area contributed by atoms with E-state index in [0.717, 1.165) is 38.5 Å². The second-order valence-electron chi connectivity index (χ2n) is 6.55. The van der Waals surface area contributed by atoms with Crippen molar-refractivity contribution in [3.05, 3.63) is 33.9 Å². The molecule has 0 aliphatic heterocycles. The number of amides is 1. The van der Waals surface area contributed by atoms with Crippen LogP contribution in [-0.4, -0.2) is 29.0 Å². The summed E-state index contributed by atoms with van der Waals surface area (Å²) in [5.41, 5.74) is 6.18. The third kappa shape index (κ3) is 3.96. The van der Waals surface area contributed by atoms with Crippen LogP contribution in [0.4, 0.5) is 11.4 Å². The van der Waals surface area contributed by atoms with Gasteiger partial charge in [-0.05, 0) is 37.8 Å². The van der Waals surface area contributed by atoms with Crippen molar-refractivity contribution in [3.8, 4) is 0 Å². The van der Waals surface area contributed by atoms with Crippen molar-refractivity contribution >= 4 is 29.7 Å². The summed E-state index contributed by atoms with van der Waals surface area (Å²) >= 11 is 0. The van der Waals surface area contributed by atoms with Gasteiger partial charge in [-0.3, -0.25) is 14.9 Å². The highest BCUT2D eigenvalue weighted by Crippen LogP contribution is 2.32. The van der Waals surface area contributed by atoms with Crippen molar-refractivity contribution in [2.45, 2.75) is 50.1 Å². The van der Waals surface area contributed by atoms with Gasteiger partial charge in [0, 0.05) is 24.2 Å². The Bertz CT molecular complexity index is 628. The normalized spacial score (nSPS) is 18.5. The predicted molar refractivity (Wildman–Crippen MR) is 94.7 cm³/mol. The maximum Gasteiger partial charge on any atom is 0.293 e. The van der Waals surface area contributed by atoms with Crippen LogP contribution in [0, 0.1) is 10.1 Å². The van der Waals surface area contributed by atoms with Gasteiger partial charge >= 0.3 is 0 Å². The molecule has 2 aliphatic rings. The number of nitro benzene ring substituents is 1. The molecule has 132 valence electrons. The van der Waals surface area contributed by atoms with Crippen LogP contribution in [0.5, 0.6) is 0 Å². The van der Waals surface area contributed by atoms with Gasteiger partial charge in [0.15, 0.2) is 0 Å². The van der Waals surface area contributed by atoms with E-state index in [1.807, 2.05) is 0 Å². The Morgan fingerprint density at radius 2 is 2.00 bits per heavy atom. The molecular weight excluding hydrogens is 332 g/mol. The Kier molecular flexibility index (Phi) is 5.66. The summed E-state index contributed by atoms with van der Waals surface area (Å²) in [4.78, 5) is 23.3. The lowest BCUT2D eigenvalue weighted by molar-refractivity contribution is -0.384. The quantitative estimate of drug-likeness (QED) is 0.537. The lowest BCUT2D eigenvalue weighted by atomic mass is 9.97. The minimum absolute atomic E-state index is 0. The molecular formula is C16H23ClN4O3. The number of nitrogens with zero attached hydrogens (tertiary/aromatic N) is 1. The van der Waals surface area contributed by atoms with E-state index < -0.39 is 4.92 Å². The van der Waals surface area contributed by atoms with Crippen molar-refractivity contribution in [2.24, 2.45) is 5.73 Å². The largest absolute Gasteiger partial charge is 0.377 e. The maximum atomic E-state index is 12.5. The average Bonchev–Trinajstić information content (AvgIpc) is 3.23. The Hall–Kier alpha value is -1.86. The van der Waals surface area contributed by atoms with E-state index in [1.165, 1.54) is 6.07 Å². The zero-order valence-corrected chi connectivity index (χ0v) is 14.2. The highest BCUT2D eigenvalue weighted by atomic mass is 35.5. The first-order chi connectivity index (χ1) is 11.0. The van der Waals surface area contributed by atoms with E-state index in [9.17, 15) is 14.9 Å². The number of nitro groups is 1. The third-order valence-electron chi connectivity index (χ3n) is 4.72. The number of benzene rings is 1. The fraction of sp³-hybridized carbons (Fsp3) is 0.562. The first kappa shape index (κ1) is 18.5. The van der Waals surface area contributed by atoms with Gasteiger partial charge in [0.05, 0.1) is 10.5 Å². The summed E-state index contributed by atoms with van der Waals surface area (Å²) in [6.45, 7) is 0.391. The van der Waals surface area contributed by atoms with Crippen LogP contribution in [0.15, 0.2) is 18.2 Å². The molecule has 0 bridgehead atoms. The van der Waals surface area contributed by atoms with Crippen molar-refractivity contribution in [2.75, 3.05) is 11.9 Å². The first-order valence-corrected chi connectivity index (χ1v) is 8.10. The standard InChI is InChI=1S/C16H22N4O3.ClH/c17-10-16(7-1-2-8-16)19-15(21)11-3-6-13(18-12-4-5-12)14(9-11)20(22)23;/h3,6,9,12,18H,1-2,4-5,7-8,10,17H2,(H,19,21);1H. The molecule has 0 saturated heterocycles. The molecule has 24 heavy (non-hydrogen) atoms. The van der Waals surface area contributed by atoms with Crippen LogP contribution in [0.2, 0.25) is 0 Å². The third-order valence-corrected chi connectivity index (χ3v) is 4.72. The second kappa shape index (κ2) is 7.36. The van der Waals surface area contributed by atoms with Gasteiger partial charge < -0.3 is 16.4 Å². The van der Waals surface area contributed by atoms with Crippen molar-refractivity contribution in [1.29, 1.82) is 0 Å². The molecule has 0 unspecified atom stereocenters. The Labute approximate surface area is 146 Å². The molecule has 0 spiro atoms. The van der Waals surface area contributed by atoms with Crippen LogP contribution in [0.25, 0.3) is 0 Å². The summed E-state index contributed by atoms with van der Waals surface area (Å²) < 4.78 is 0. The highest BCUT2D eigenvalue weighted by molar-refractivity contribution is 5.96. The number of nitrogens with two attached hydrogens (primary N) is 1. The summed E-state index contributed by atoms with van der Waals surface area (Å²) in [7, 11) is 0. The van der Waals surface area contributed by atoms with Crippen LogP contribution in [0.3, 0.4) is 0 Å². The number of anilines is 1. The molecule has 2 aliphatic carbocycles. The molecule has 1 aromatic rings. The molecule has 1 amide bonds. The van der Waals surface area contributed by atoms with E-state index >= 15 is 0 Å². The van der Waals surface area contributed by atoms with Crippen LogP contribution < -0.4 is 16.4 Å². The second-order valence-corrected chi connectivity index (χ2v) is 6.55. The van der Waals surface area contributed by atoms with Crippen molar-refractivity contribution in [1.82, 2.24) is 5.32 Å². The number of hydrogen-bond donors (Lipinski definition) is 3. The lowest BCUT2D eigenvalue weighted by Gasteiger charge is -2.28. The number of rotatable bonds is 6. The molecule has 0 atom stereocenters.